The van der Waals surface area contributed by atoms with Crippen LogP contribution in [0.5, 0.6) is 0 Å². The zero-order chi connectivity index (χ0) is 21.7. The third-order valence-corrected chi connectivity index (χ3v) is 4.95. The van der Waals surface area contributed by atoms with Crippen molar-refractivity contribution in [1.82, 2.24) is 20.8 Å². The summed E-state index contributed by atoms with van der Waals surface area (Å²) < 4.78 is 0. The summed E-state index contributed by atoms with van der Waals surface area (Å²) in [6, 6.07) is 17.6. The Bertz CT molecular complexity index is 923. The van der Waals surface area contributed by atoms with Crippen molar-refractivity contribution in [2.75, 3.05) is 6.54 Å². The monoisotopic (exact) mass is 422 g/mol. The first kappa shape index (κ1) is 22.5. The molecule has 0 fully saturated rings. The van der Waals surface area contributed by atoms with Gasteiger partial charge in [-0.05, 0) is 30.5 Å². The lowest BCUT2D eigenvalue weighted by molar-refractivity contribution is -0.134. The number of aromatic amines is 1. The molecule has 1 aromatic heterocycles. The van der Waals surface area contributed by atoms with E-state index in [4.69, 9.17) is 4.84 Å². The van der Waals surface area contributed by atoms with Crippen molar-refractivity contribution in [2.24, 2.45) is 0 Å². The highest BCUT2D eigenvalue weighted by Gasteiger charge is 2.05. The van der Waals surface area contributed by atoms with Crippen molar-refractivity contribution in [2.45, 2.75) is 51.6 Å². The molecule has 0 aliphatic rings. The molecule has 3 aromatic rings. The van der Waals surface area contributed by atoms with E-state index in [2.05, 4.69) is 20.8 Å². The van der Waals surface area contributed by atoms with Crippen LogP contribution >= 0.6 is 0 Å². The molecule has 1 heterocycles. The number of carbonyl (C=O) groups is 2. The van der Waals surface area contributed by atoms with Crippen LogP contribution in [0.2, 0.25) is 0 Å². The first-order chi connectivity index (χ1) is 15.2. The highest BCUT2D eigenvalue weighted by Crippen LogP contribution is 2.10. The molecule has 0 unspecified atom stereocenters. The number of unbranched alkanes of at least 4 members (excludes halogenated alkanes) is 3. The predicted octanol–water partition coefficient (Wildman–Crippen LogP) is 3.81. The van der Waals surface area contributed by atoms with Gasteiger partial charge in [0.1, 0.15) is 5.82 Å². The summed E-state index contributed by atoms with van der Waals surface area (Å²) in [7, 11) is 0. The lowest BCUT2D eigenvalue weighted by atomic mass is 10.1. The third kappa shape index (κ3) is 8.22. The smallest absolute Gasteiger partial charge is 0.243 e. The molecule has 0 aliphatic carbocycles. The fourth-order valence-corrected chi connectivity index (χ4v) is 3.28. The van der Waals surface area contributed by atoms with E-state index >= 15 is 0 Å². The Hall–Kier alpha value is -3.19. The van der Waals surface area contributed by atoms with Gasteiger partial charge >= 0.3 is 0 Å². The highest BCUT2D eigenvalue weighted by molar-refractivity contribution is 5.76. The van der Waals surface area contributed by atoms with Crippen LogP contribution in [0.4, 0.5) is 0 Å². The maximum Gasteiger partial charge on any atom is 0.243 e. The Morgan fingerprint density at radius 1 is 0.871 bits per heavy atom. The molecule has 164 valence electrons. The van der Waals surface area contributed by atoms with E-state index in [0.717, 1.165) is 48.1 Å². The second kappa shape index (κ2) is 12.5. The van der Waals surface area contributed by atoms with Crippen LogP contribution in [0, 0.1) is 0 Å². The molecule has 3 rings (SSSR count). The molecule has 3 N–H and O–H groups in total. The zero-order valence-electron chi connectivity index (χ0n) is 17.7. The van der Waals surface area contributed by atoms with E-state index in [0.29, 0.717) is 32.4 Å². The summed E-state index contributed by atoms with van der Waals surface area (Å²) in [5, 5.41) is 2.94. The number of nitrogens with zero attached hydrogens (tertiary/aromatic N) is 1. The largest absolute Gasteiger partial charge is 0.356 e. The lowest BCUT2D eigenvalue weighted by Gasteiger charge is -2.06. The number of hydrogen-bond donors (Lipinski definition) is 3. The van der Waals surface area contributed by atoms with Gasteiger partial charge < -0.3 is 10.3 Å². The summed E-state index contributed by atoms with van der Waals surface area (Å²) in [6.07, 6.45) is 5.07. The van der Waals surface area contributed by atoms with Gasteiger partial charge in [0.15, 0.2) is 0 Å². The molecule has 7 nitrogen and oxygen atoms in total. The minimum atomic E-state index is -0.112. The Balaban J connectivity index is 1.16. The van der Waals surface area contributed by atoms with Gasteiger partial charge in [0.25, 0.3) is 0 Å². The van der Waals surface area contributed by atoms with Crippen LogP contribution in [0.3, 0.4) is 0 Å². The van der Waals surface area contributed by atoms with Crippen LogP contribution in [-0.2, 0) is 27.5 Å². The van der Waals surface area contributed by atoms with Gasteiger partial charge in [0.05, 0.1) is 17.6 Å². The Kier molecular flexibility index (Phi) is 9.07. The number of amides is 2. The van der Waals surface area contributed by atoms with E-state index in [9.17, 15) is 9.59 Å². The fraction of sp³-hybridized carbons (Fsp3) is 0.375. The summed E-state index contributed by atoms with van der Waals surface area (Å²) in [6.45, 7) is 0.930. The summed E-state index contributed by atoms with van der Waals surface area (Å²) in [5.41, 5.74) is 5.45. The minimum Gasteiger partial charge on any atom is -0.356 e. The molecule has 0 saturated carbocycles. The molecule has 0 saturated heterocycles. The number of para-hydroxylation sites is 2. The van der Waals surface area contributed by atoms with Crippen molar-refractivity contribution >= 4 is 22.8 Å². The number of benzene rings is 2. The van der Waals surface area contributed by atoms with E-state index in [1.165, 1.54) is 0 Å². The maximum absolute atomic E-state index is 12.0. The topological polar surface area (TPSA) is 96.1 Å². The molecule has 0 spiro atoms. The van der Waals surface area contributed by atoms with Gasteiger partial charge in [-0.25, -0.2) is 10.5 Å². The van der Waals surface area contributed by atoms with E-state index < -0.39 is 0 Å². The molecule has 0 radical (unpaired) electrons. The standard InChI is InChI=1S/C24H30N4O3/c29-23(25-17-16-22-26-20-12-8-9-13-21(20)27-22)14-6-1-2-7-15-24(30)28-31-18-19-10-4-3-5-11-19/h3-5,8-13H,1-2,6-7,14-18H2,(H,25,29)(H,26,27)(H,28,30). The SMILES string of the molecule is O=C(CCCCCCC(=O)NOCc1ccccc1)NCCc1nc2ccccc2[nH]1. The zero-order valence-corrected chi connectivity index (χ0v) is 17.7. The van der Waals surface area contributed by atoms with Gasteiger partial charge in [-0.3, -0.25) is 14.4 Å². The number of rotatable bonds is 13. The van der Waals surface area contributed by atoms with Gasteiger partial charge in [0, 0.05) is 25.8 Å². The van der Waals surface area contributed by atoms with E-state index in [1.54, 1.807) is 0 Å². The van der Waals surface area contributed by atoms with Crippen LogP contribution in [0.25, 0.3) is 11.0 Å². The number of carbonyl (C=O) groups excluding carboxylic acids is 2. The number of nitrogens with one attached hydrogen (secondary N) is 3. The van der Waals surface area contributed by atoms with Gasteiger partial charge in [-0.15, -0.1) is 0 Å². The normalized spacial score (nSPS) is 10.8. The Morgan fingerprint density at radius 2 is 1.58 bits per heavy atom. The number of hydroxylamine groups is 1. The van der Waals surface area contributed by atoms with Crippen LogP contribution in [0.1, 0.15) is 49.9 Å². The average Bonchev–Trinajstić information content (AvgIpc) is 3.20. The predicted molar refractivity (Wildman–Crippen MR) is 120 cm³/mol. The number of aromatic nitrogens is 2. The summed E-state index contributed by atoms with van der Waals surface area (Å²) >= 11 is 0. The molecular weight excluding hydrogens is 392 g/mol. The lowest BCUT2D eigenvalue weighted by Crippen LogP contribution is -2.25. The van der Waals surface area contributed by atoms with Crippen molar-refractivity contribution in [3.63, 3.8) is 0 Å². The minimum absolute atomic E-state index is 0.0585. The summed E-state index contributed by atoms with van der Waals surface area (Å²) in [5.74, 6) is 0.829. The van der Waals surface area contributed by atoms with Crippen molar-refractivity contribution in [3.05, 3.63) is 66.0 Å². The number of hydrogen-bond acceptors (Lipinski definition) is 4. The van der Waals surface area contributed by atoms with Crippen LogP contribution in [0.15, 0.2) is 54.6 Å². The van der Waals surface area contributed by atoms with Gasteiger partial charge in [-0.1, -0.05) is 55.3 Å². The first-order valence-electron chi connectivity index (χ1n) is 10.9. The first-order valence-corrected chi connectivity index (χ1v) is 10.9. The van der Waals surface area contributed by atoms with Gasteiger partial charge in [0.2, 0.25) is 11.8 Å². The van der Waals surface area contributed by atoms with Crippen molar-refractivity contribution in [1.29, 1.82) is 0 Å². The van der Waals surface area contributed by atoms with Crippen molar-refractivity contribution in [3.8, 4) is 0 Å². The second-order valence-electron chi connectivity index (χ2n) is 7.51. The average molecular weight is 423 g/mol. The summed E-state index contributed by atoms with van der Waals surface area (Å²) in [4.78, 5) is 36.7. The molecule has 7 heteroatoms. The second-order valence-corrected chi connectivity index (χ2v) is 7.51. The Labute approximate surface area is 182 Å². The highest BCUT2D eigenvalue weighted by atomic mass is 16.6. The van der Waals surface area contributed by atoms with E-state index in [1.807, 2.05) is 54.6 Å². The molecule has 2 aromatic carbocycles. The van der Waals surface area contributed by atoms with E-state index in [-0.39, 0.29) is 11.8 Å². The fourth-order valence-electron chi connectivity index (χ4n) is 3.28. The number of H-pyrrole nitrogens is 1. The molecule has 2 amide bonds. The molecule has 31 heavy (non-hydrogen) atoms. The van der Waals surface area contributed by atoms with Crippen molar-refractivity contribution < 1.29 is 14.4 Å². The quantitative estimate of drug-likeness (QED) is 0.288. The number of imidazole rings is 1. The molecule has 0 aliphatic heterocycles. The molecular formula is C24H30N4O3. The number of fused-ring (bicyclic) bond motifs is 1. The molecule has 0 atom stereocenters. The Morgan fingerprint density at radius 3 is 2.35 bits per heavy atom. The maximum atomic E-state index is 12.0. The molecule has 0 bridgehead atoms. The third-order valence-electron chi connectivity index (χ3n) is 4.95. The van der Waals surface area contributed by atoms with Gasteiger partial charge in [-0.2, -0.15) is 0 Å². The van der Waals surface area contributed by atoms with Crippen LogP contribution < -0.4 is 10.8 Å². The van der Waals surface area contributed by atoms with Crippen LogP contribution in [-0.4, -0.2) is 28.3 Å².